The SMILES string of the molecule is C[C@@H]1CN(c2cccc(CNc3ncnc4[nH]cc(-c5ccnc(N)c5F)c34)n2)C[C@H](C)N1. The lowest BCUT2D eigenvalue weighted by molar-refractivity contribution is 0.405. The number of hydrogen-bond acceptors (Lipinski definition) is 8. The molecule has 0 aliphatic carbocycles. The van der Waals surface area contributed by atoms with Crippen molar-refractivity contribution in [2.45, 2.75) is 32.5 Å². The number of pyridine rings is 2. The van der Waals surface area contributed by atoms with Crippen molar-refractivity contribution in [3.8, 4) is 11.1 Å². The van der Waals surface area contributed by atoms with Crippen LogP contribution < -0.4 is 21.3 Å². The number of piperazine rings is 1. The van der Waals surface area contributed by atoms with Crippen LogP contribution in [0.1, 0.15) is 19.5 Å². The Balaban J connectivity index is 1.42. The molecule has 0 radical (unpaired) electrons. The average Bonchev–Trinajstić information content (AvgIpc) is 3.24. The molecule has 0 bridgehead atoms. The van der Waals surface area contributed by atoms with Crippen LogP contribution in [0.3, 0.4) is 0 Å². The van der Waals surface area contributed by atoms with E-state index in [1.54, 1.807) is 12.3 Å². The molecule has 0 unspecified atom stereocenters. The maximum absolute atomic E-state index is 14.7. The van der Waals surface area contributed by atoms with Gasteiger partial charge >= 0.3 is 0 Å². The Morgan fingerprint density at radius 1 is 1.12 bits per heavy atom. The number of nitrogens with two attached hydrogens (primary N) is 1. The number of nitrogens with one attached hydrogen (secondary N) is 3. The van der Waals surface area contributed by atoms with E-state index in [-0.39, 0.29) is 5.82 Å². The van der Waals surface area contributed by atoms with Gasteiger partial charge in [-0.2, -0.15) is 0 Å². The van der Waals surface area contributed by atoms with Crippen LogP contribution >= 0.6 is 0 Å². The van der Waals surface area contributed by atoms with Crippen LogP contribution in [-0.4, -0.2) is 50.1 Å². The summed E-state index contributed by atoms with van der Waals surface area (Å²) in [5, 5.41) is 7.57. The fraction of sp³-hybridized carbons (Fsp3) is 0.304. The number of nitrogen functional groups attached to an aromatic ring is 1. The first-order valence-corrected chi connectivity index (χ1v) is 10.9. The number of halogens is 1. The van der Waals surface area contributed by atoms with E-state index in [1.807, 2.05) is 18.2 Å². The van der Waals surface area contributed by atoms with Gasteiger partial charge in [-0.05, 0) is 32.0 Å². The first-order valence-electron chi connectivity index (χ1n) is 10.9. The van der Waals surface area contributed by atoms with Crippen molar-refractivity contribution in [1.82, 2.24) is 30.2 Å². The monoisotopic (exact) mass is 447 g/mol. The molecule has 4 aromatic rings. The molecule has 0 aromatic carbocycles. The van der Waals surface area contributed by atoms with E-state index >= 15 is 0 Å². The second-order valence-electron chi connectivity index (χ2n) is 8.42. The molecule has 10 heteroatoms. The summed E-state index contributed by atoms with van der Waals surface area (Å²) in [6.07, 6.45) is 4.65. The third-order valence-electron chi connectivity index (χ3n) is 5.79. The molecule has 0 amide bonds. The van der Waals surface area contributed by atoms with E-state index in [0.717, 1.165) is 24.6 Å². The van der Waals surface area contributed by atoms with E-state index in [1.165, 1.54) is 12.5 Å². The molecular weight excluding hydrogens is 421 g/mol. The van der Waals surface area contributed by atoms with Crippen LogP contribution in [0.5, 0.6) is 0 Å². The molecule has 5 heterocycles. The van der Waals surface area contributed by atoms with Gasteiger partial charge in [-0.15, -0.1) is 0 Å². The predicted molar refractivity (Wildman–Crippen MR) is 127 cm³/mol. The van der Waals surface area contributed by atoms with Crippen LogP contribution in [-0.2, 0) is 6.54 Å². The molecule has 4 aromatic heterocycles. The van der Waals surface area contributed by atoms with E-state index in [2.05, 4.69) is 49.3 Å². The highest BCUT2D eigenvalue weighted by Crippen LogP contribution is 2.34. The van der Waals surface area contributed by atoms with Crippen molar-refractivity contribution in [2.75, 3.05) is 29.0 Å². The molecule has 33 heavy (non-hydrogen) atoms. The van der Waals surface area contributed by atoms with E-state index < -0.39 is 5.82 Å². The lowest BCUT2D eigenvalue weighted by Gasteiger charge is -2.37. The van der Waals surface area contributed by atoms with Gasteiger partial charge in [-0.25, -0.2) is 24.3 Å². The second kappa shape index (κ2) is 8.62. The molecular formula is C23H26FN9. The zero-order valence-corrected chi connectivity index (χ0v) is 18.5. The molecule has 2 atom stereocenters. The topological polar surface area (TPSA) is 121 Å². The molecule has 5 rings (SSSR count). The standard InChI is InChI=1S/C23H26FN9/c1-13-10-33(11-14(2)31-13)18-5-3-4-15(32-18)8-27-22-19-17(9-28-23(19)30-12-29-22)16-6-7-26-21(25)20(16)24/h3-7,9,12-14,31H,8,10-11H2,1-2H3,(H2,25,26)(H2,27,28,29,30)/t13-,14+. The third-order valence-corrected chi connectivity index (χ3v) is 5.79. The van der Waals surface area contributed by atoms with E-state index in [4.69, 9.17) is 10.7 Å². The van der Waals surface area contributed by atoms with Crippen molar-refractivity contribution in [3.05, 3.63) is 54.5 Å². The Labute approximate surface area is 190 Å². The summed E-state index contributed by atoms with van der Waals surface area (Å²) >= 11 is 0. The molecule has 1 saturated heterocycles. The molecule has 170 valence electrons. The highest BCUT2D eigenvalue weighted by Gasteiger charge is 2.22. The quantitative estimate of drug-likeness (QED) is 0.369. The first kappa shape index (κ1) is 21.1. The molecule has 0 spiro atoms. The number of fused-ring (bicyclic) bond motifs is 1. The summed E-state index contributed by atoms with van der Waals surface area (Å²) in [4.78, 5) is 22.7. The van der Waals surface area contributed by atoms with Crippen molar-refractivity contribution in [3.63, 3.8) is 0 Å². The van der Waals surface area contributed by atoms with Gasteiger partial charge in [0.05, 0.1) is 17.6 Å². The Kier molecular flexibility index (Phi) is 5.51. The number of aromatic nitrogens is 5. The summed E-state index contributed by atoms with van der Waals surface area (Å²) in [6, 6.07) is 8.43. The fourth-order valence-corrected chi connectivity index (χ4v) is 4.41. The number of H-pyrrole nitrogens is 1. The summed E-state index contributed by atoms with van der Waals surface area (Å²) in [7, 11) is 0. The Hall–Kier alpha value is -3.79. The predicted octanol–water partition coefficient (Wildman–Crippen LogP) is 2.93. The number of hydrogen-bond donors (Lipinski definition) is 4. The van der Waals surface area contributed by atoms with Crippen LogP contribution in [0.4, 0.5) is 21.8 Å². The Morgan fingerprint density at radius 3 is 2.76 bits per heavy atom. The van der Waals surface area contributed by atoms with E-state index in [0.29, 0.717) is 46.6 Å². The fourth-order valence-electron chi connectivity index (χ4n) is 4.41. The lowest BCUT2D eigenvalue weighted by Crippen LogP contribution is -2.54. The zero-order chi connectivity index (χ0) is 22.9. The maximum atomic E-state index is 14.7. The van der Waals surface area contributed by atoms with Crippen molar-refractivity contribution >= 4 is 28.5 Å². The largest absolute Gasteiger partial charge is 0.381 e. The van der Waals surface area contributed by atoms with Crippen molar-refractivity contribution in [2.24, 2.45) is 0 Å². The number of anilines is 3. The molecule has 1 fully saturated rings. The first-order chi connectivity index (χ1) is 16.0. The molecule has 1 aliphatic rings. The highest BCUT2D eigenvalue weighted by molar-refractivity contribution is 6.01. The van der Waals surface area contributed by atoms with Gasteiger partial charge < -0.3 is 26.3 Å². The average molecular weight is 448 g/mol. The summed E-state index contributed by atoms with van der Waals surface area (Å²) in [5.74, 6) is 0.828. The Bertz CT molecular complexity index is 1280. The minimum atomic E-state index is -0.568. The molecule has 0 saturated carbocycles. The lowest BCUT2D eigenvalue weighted by atomic mass is 10.1. The highest BCUT2D eigenvalue weighted by atomic mass is 19.1. The van der Waals surface area contributed by atoms with Crippen LogP contribution in [0.15, 0.2) is 43.0 Å². The Morgan fingerprint density at radius 2 is 1.94 bits per heavy atom. The van der Waals surface area contributed by atoms with Crippen LogP contribution in [0.2, 0.25) is 0 Å². The smallest absolute Gasteiger partial charge is 0.173 e. The summed E-state index contributed by atoms with van der Waals surface area (Å²) < 4.78 is 14.7. The van der Waals surface area contributed by atoms with Gasteiger partial charge in [-0.1, -0.05) is 6.07 Å². The maximum Gasteiger partial charge on any atom is 0.173 e. The summed E-state index contributed by atoms with van der Waals surface area (Å²) in [6.45, 7) is 6.65. The van der Waals surface area contributed by atoms with Gasteiger partial charge in [0, 0.05) is 48.7 Å². The summed E-state index contributed by atoms with van der Waals surface area (Å²) in [5.41, 5.74) is 8.12. The van der Waals surface area contributed by atoms with E-state index in [9.17, 15) is 4.39 Å². The molecule has 9 nitrogen and oxygen atoms in total. The zero-order valence-electron chi connectivity index (χ0n) is 18.5. The minimum Gasteiger partial charge on any atom is -0.381 e. The van der Waals surface area contributed by atoms with Crippen LogP contribution in [0.25, 0.3) is 22.2 Å². The normalized spacial score (nSPS) is 18.6. The van der Waals surface area contributed by atoms with Gasteiger partial charge in [-0.3, -0.25) is 0 Å². The number of rotatable bonds is 5. The second-order valence-corrected chi connectivity index (χ2v) is 8.42. The van der Waals surface area contributed by atoms with Gasteiger partial charge in [0.25, 0.3) is 0 Å². The minimum absolute atomic E-state index is 0.147. The molecule has 5 N–H and O–H groups in total. The van der Waals surface area contributed by atoms with Crippen LogP contribution in [0, 0.1) is 5.82 Å². The van der Waals surface area contributed by atoms with Gasteiger partial charge in [0.15, 0.2) is 11.6 Å². The van der Waals surface area contributed by atoms with Gasteiger partial charge in [0.1, 0.15) is 23.6 Å². The third kappa shape index (κ3) is 4.17. The van der Waals surface area contributed by atoms with Gasteiger partial charge in [0.2, 0.25) is 0 Å². The van der Waals surface area contributed by atoms with Crippen molar-refractivity contribution in [1.29, 1.82) is 0 Å². The number of aromatic amines is 1. The molecule has 1 aliphatic heterocycles. The number of nitrogens with zero attached hydrogens (tertiary/aromatic N) is 5. The van der Waals surface area contributed by atoms with Crippen molar-refractivity contribution < 1.29 is 4.39 Å².